The van der Waals surface area contributed by atoms with Crippen molar-refractivity contribution in [3.63, 3.8) is 0 Å². The lowest BCUT2D eigenvalue weighted by Crippen LogP contribution is -2.14. The van der Waals surface area contributed by atoms with Gasteiger partial charge in [-0.15, -0.1) is 0 Å². The van der Waals surface area contributed by atoms with Crippen molar-refractivity contribution in [1.29, 1.82) is 0 Å². The zero-order valence-electron chi connectivity index (χ0n) is 10.5. The number of sulfonamides is 1. The first-order chi connectivity index (χ1) is 8.30. The molecule has 0 saturated heterocycles. The lowest BCUT2D eigenvalue weighted by atomic mass is 10.1. The zero-order chi connectivity index (χ0) is 13.8. The van der Waals surface area contributed by atoms with Crippen LogP contribution in [0.15, 0.2) is 23.1 Å². The Morgan fingerprint density at radius 1 is 1.39 bits per heavy atom. The summed E-state index contributed by atoms with van der Waals surface area (Å²) in [5.41, 5.74) is 0. The van der Waals surface area contributed by atoms with E-state index >= 15 is 0 Å². The standard InChI is InChI=1S/C12H18ClNO3S/c1-9(2)4-3-7-17-11-6-5-10(13)8-12(11)18(14,15)16/h5-6,8-9H,3-4,7H2,1-2H3,(H2,14,15,16). The highest BCUT2D eigenvalue weighted by atomic mass is 35.5. The van der Waals surface area contributed by atoms with E-state index in [-0.39, 0.29) is 10.6 Å². The predicted octanol–water partition coefficient (Wildman–Crippen LogP) is 2.80. The van der Waals surface area contributed by atoms with E-state index in [2.05, 4.69) is 13.8 Å². The van der Waals surface area contributed by atoms with Crippen molar-refractivity contribution in [2.75, 3.05) is 6.61 Å². The van der Waals surface area contributed by atoms with Crippen LogP contribution in [0.1, 0.15) is 26.7 Å². The molecule has 1 rings (SSSR count). The Balaban J connectivity index is 2.77. The molecule has 0 aliphatic carbocycles. The fourth-order valence-corrected chi connectivity index (χ4v) is 2.43. The normalized spacial score (nSPS) is 11.8. The molecule has 0 amide bonds. The summed E-state index contributed by atoms with van der Waals surface area (Å²) >= 11 is 5.75. The molecule has 0 spiro atoms. The molecule has 1 aromatic rings. The minimum Gasteiger partial charge on any atom is -0.492 e. The van der Waals surface area contributed by atoms with Gasteiger partial charge in [0, 0.05) is 5.02 Å². The number of hydrogen-bond donors (Lipinski definition) is 1. The fourth-order valence-electron chi connectivity index (χ4n) is 1.50. The van der Waals surface area contributed by atoms with E-state index in [9.17, 15) is 8.42 Å². The minimum atomic E-state index is -3.82. The maximum atomic E-state index is 11.4. The van der Waals surface area contributed by atoms with E-state index < -0.39 is 10.0 Å². The van der Waals surface area contributed by atoms with Crippen LogP contribution in [0.5, 0.6) is 5.75 Å². The van der Waals surface area contributed by atoms with Crippen LogP contribution in [0.3, 0.4) is 0 Å². The third-order valence-corrected chi connectivity index (χ3v) is 3.56. The molecule has 6 heteroatoms. The van der Waals surface area contributed by atoms with Crippen LogP contribution in [0.25, 0.3) is 0 Å². The molecule has 0 radical (unpaired) electrons. The fraction of sp³-hybridized carbons (Fsp3) is 0.500. The summed E-state index contributed by atoms with van der Waals surface area (Å²) in [6.07, 6.45) is 1.89. The van der Waals surface area contributed by atoms with E-state index in [1.807, 2.05) is 0 Å². The average Bonchev–Trinajstić information content (AvgIpc) is 2.24. The van der Waals surface area contributed by atoms with Crippen LogP contribution in [-0.4, -0.2) is 15.0 Å². The molecule has 0 aromatic heterocycles. The maximum absolute atomic E-state index is 11.4. The molecule has 18 heavy (non-hydrogen) atoms. The van der Waals surface area contributed by atoms with Gasteiger partial charge in [0.2, 0.25) is 10.0 Å². The van der Waals surface area contributed by atoms with Crippen LogP contribution >= 0.6 is 11.6 Å². The molecule has 102 valence electrons. The smallest absolute Gasteiger partial charge is 0.241 e. The van der Waals surface area contributed by atoms with E-state index in [0.717, 1.165) is 12.8 Å². The molecular weight excluding hydrogens is 274 g/mol. The van der Waals surface area contributed by atoms with Gasteiger partial charge in [-0.1, -0.05) is 25.4 Å². The van der Waals surface area contributed by atoms with Crippen LogP contribution < -0.4 is 9.88 Å². The van der Waals surface area contributed by atoms with Gasteiger partial charge in [0.15, 0.2) is 0 Å². The van der Waals surface area contributed by atoms with Crippen molar-refractivity contribution in [2.24, 2.45) is 11.1 Å². The van der Waals surface area contributed by atoms with E-state index in [1.165, 1.54) is 12.1 Å². The van der Waals surface area contributed by atoms with Gasteiger partial charge in [0.05, 0.1) is 6.61 Å². The summed E-state index contributed by atoms with van der Waals surface area (Å²) in [6, 6.07) is 4.40. The molecule has 0 aliphatic heterocycles. The minimum absolute atomic E-state index is 0.0699. The SMILES string of the molecule is CC(C)CCCOc1ccc(Cl)cc1S(N)(=O)=O. The molecule has 0 aliphatic rings. The predicted molar refractivity (Wildman–Crippen MR) is 72.4 cm³/mol. The lowest BCUT2D eigenvalue weighted by molar-refractivity contribution is 0.291. The van der Waals surface area contributed by atoms with Crippen molar-refractivity contribution in [1.82, 2.24) is 0 Å². The first-order valence-electron chi connectivity index (χ1n) is 5.76. The van der Waals surface area contributed by atoms with Crippen molar-refractivity contribution >= 4 is 21.6 Å². The average molecular weight is 292 g/mol. The molecule has 0 bridgehead atoms. The molecule has 0 atom stereocenters. The van der Waals surface area contributed by atoms with Crippen LogP contribution in [0.4, 0.5) is 0 Å². The maximum Gasteiger partial charge on any atom is 0.241 e. The monoisotopic (exact) mass is 291 g/mol. The van der Waals surface area contributed by atoms with Gasteiger partial charge < -0.3 is 4.74 Å². The summed E-state index contributed by atoms with van der Waals surface area (Å²) in [5.74, 6) is 0.849. The second-order valence-corrected chi connectivity index (χ2v) is 6.49. The highest BCUT2D eigenvalue weighted by molar-refractivity contribution is 7.89. The Labute approximate surface area is 113 Å². The highest BCUT2D eigenvalue weighted by Gasteiger charge is 2.15. The molecule has 0 heterocycles. The third kappa shape index (κ3) is 4.84. The van der Waals surface area contributed by atoms with E-state index in [4.69, 9.17) is 21.5 Å². The molecule has 4 nitrogen and oxygen atoms in total. The van der Waals surface area contributed by atoms with Crippen molar-refractivity contribution in [3.05, 3.63) is 23.2 Å². The van der Waals surface area contributed by atoms with Crippen molar-refractivity contribution < 1.29 is 13.2 Å². The number of nitrogens with two attached hydrogens (primary N) is 1. The molecule has 0 saturated carbocycles. The summed E-state index contributed by atoms with van der Waals surface area (Å²) < 4.78 is 28.2. The molecule has 1 aromatic carbocycles. The number of halogens is 1. The first kappa shape index (κ1) is 15.3. The number of primary sulfonamides is 1. The first-order valence-corrected chi connectivity index (χ1v) is 7.68. The third-order valence-electron chi connectivity index (χ3n) is 2.40. The van der Waals surface area contributed by atoms with Gasteiger partial charge in [-0.25, -0.2) is 13.6 Å². The van der Waals surface area contributed by atoms with Gasteiger partial charge in [-0.05, 0) is 37.0 Å². The Kier molecular flexibility index (Phi) is 5.44. The van der Waals surface area contributed by atoms with Crippen molar-refractivity contribution in [3.8, 4) is 5.75 Å². The molecule has 2 N–H and O–H groups in total. The quantitative estimate of drug-likeness (QED) is 0.819. The van der Waals surface area contributed by atoms with Gasteiger partial charge in [-0.2, -0.15) is 0 Å². The topological polar surface area (TPSA) is 69.4 Å². The summed E-state index contributed by atoms with van der Waals surface area (Å²) in [6.45, 7) is 4.71. The van der Waals surface area contributed by atoms with Crippen LogP contribution in [0.2, 0.25) is 5.02 Å². The van der Waals surface area contributed by atoms with Crippen LogP contribution in [-0.2, 0) is 10.0 Å². The van der Waals surface area contributed by atoms with E-state index in [0.29, 0.717) is 17.5 Å². The summed E-state index contributed by atoms with van der Waals surface area (Å²) in [7, 11) is -3.82. The Bertz CT molecular complexity index is 500. The summed E-state index contributed by atoms with van der Waals surface area (Å²) in [5, 5.41) is 5.43. The number of hydrogen-bond acceptors (Lipinski definition) is 3. The largest absolute Gasteiger partial charge is 0.492 e. The molecule has 0 fully saturated rings. The Hall–Kier alpha value is -0.780. The zero-order valence-corrected chi connectivity index (χ0v) is 12.1. The van der Waals surface area contributed by atoms with Crippen LogP contribution in [0, 0.1) is 5.92 Å². The Morgan fingerprint density at radius 2 is 2.06 bits per heavy atom. The van der Waals surface area contributed by atoms with E-state index in [1.54, 1.807) is 6.07 Å². The molecule has 0 unspecified atom stereocenters. The highest BCUT2D eigenvalue weighted by Crippen LogP contribution is 2.26. The van der Waals surface area contributed by atoms with Gasteiger partial charge >= 0.3 is 0 Å². The number of benzene rings is 1. The molecular formula is C12H18ClNO3S. The second-order valence-electron chi connectivity index (χ2n) is 4.52. The number of rotatable bonds is 6. The second kappa shape index (κ2) is 6.41. The summed E-state index contributed by atoms with van der Waals surface area (Å²) in [4.78, 5) is -0.0699. The number of ether oxygens (including phenoxy) is 1. The lowest BCUT2D eigenvalue weighted by Gasteiger charge is -2.11. The Morgan fingerprint density at radius 3 is 2.61 bits per heavy atom. The van der Waals surface area contributed by atoms with Gasteiger partial charge in [0.1, 0.15) is 10.6 Å². The van der Waals surface area contributed by atoms with Crippen molar-refractivity contribution in [2.45, 2.75) is 31.6 Å². The van der Waals surface area contributed by atoms with Gasteiger partial charge in [-0.3, -0.25) is 0 Å². The van der Waals surface area contributed by atoms with Gasteiger partial charge in [0.25, 0.3) is 0 Å².